The van der Waals surface area contributed by atoms with Gasteiger partial charge in [0.25, 0.3) is 0 Å². The Balaban J connectivity index is 1.53. The van der Waals surface area contributed by atoms with Gasteiger partial charge in [0.2, 0.25) is 11.8 Å². The summed E-state index contributed by atoms with van der Waals surface area (Å²) in [6, 6.07) is 0.661. The first-order valence-electron chi connectivity index (χ1n) is 11.7. The minimum atomic E-state index is 0.0321. The fourth-order valence-corrected chi connectivity index (χ4v) is 7.70. The van der Waals surface area contributed by atoms with E-state index < -0.39 is 0 Å². The van der Waals surface area contributed by atoms with Gasteiger partial charge in [-0.15, -0.1) is 0 Å². The summed E-state index contributed by atoms with van der Waals surface area (Å²) in [5.41, 5.74) is 0.350. The molecule has 3 saturated carbocycles. The van der Waals surface area contributed by atoms with Crippen LogP contribution in [0.3, 0.4) is 0 Å². The number of carbonyl (C=O) groups excluding carboxylic acids is 2. The quantitative estimate of drug-likeness (QED) is 0.739. The van der Waals surface area contributed by atoms with E-state index in [1.807, 2.05) is 18.0 Å². The minimum Gasteiger partial charge on any atom is -0.353 e. The highest BCUT2D eigenvalue weighted by atomic mass is 16.2. The fraction of sp³-hybridized carbons (Fsp3) is 0.840. The Hall–Kier alpha value is -1.32. The van der Waals surface area contributed by atoms with Gasteiger partial charge in [0, 0.05) is 31.0 Å². The van der Waals surface area contributed by atoms with Crippen molar-refractivity contribution in [2.45, 2.75) is 91.6 Å². The molecule has 4 nitrogen and oxygen atoms in total. The van der Waals surface area contributed by atoms with E-state index in [0.717, 1.165) is 12.8 Å². The Kier molecular flexibility index (Phi) is 4.94. The molecule has 0 saturated heterocycles. The molecule has 0 spiro atoms. The number of likely N-dealkylation sites (N-methyl/N-ethyl adjacent to an activating group) is 1. The molecule has 7 atom stereocenters. The number of nitrogens with zero attached hydrogens (tertiary/aromatic N) is 1. The lowest BCUT2D eigenvalue weighted by atomic mass is 9.48. The number of fused-ring (bicyclic) bond motifs is 5. The lowest BCUT2D eigenvalue weighted by Gasteiger charge is -2.60. The highest BCUT2D eigenvalue weighted by Crippen LogP contribution is 2.63. The van der Waals surface area contributed by atoms with Crippen molar-refractivity contribution < 1.29 is 9.59 Å². The molecule has 162 valence electrons. The number of carbonyl (C=O) groups is 2. The van der Waals surface area contributed by atoms with Gasteiger partial charge < -0.3 is 10.2 Å². The van der Waals surface area contributed by atoms with Gasteiger partial charge in [-0.25, -0.2) is 0 Å². The fourth-order valence-electron chi connectivity index (χ4n) is 7.70. The number of hydrogen-bond acceptors (Lipinski definition) is 2. The van der Waals surface area contributed by atoms with Crippen LogP contribution in [-0.4, -0.2) is 35.8 Å². The summed E-state index contributed by atoms with van der Waals surface area (Å²) in [6.07, 6.45) is 11.7. The van der Waals surface area contributed by atoms with E-state index in [1.54, 1.807) is 0 Å². The highest BCUT2D eigenvalue weighted by Gasteiger charge is 2.60. The second-order valence-corrected chi connectivity index (χ2v) is 12.1. The molecule has 0 aromatic rings. The lowest BCUT2D eigenvalue weighted by molar-refractivity contribution is -0.138. The van der Waals surface area contributed by atoms with Crippen molar-refractivity contribution in [3.05, 3.63) is 12.2 Å². The summed E-state index contributed by atoms with van der Waals surface area (Å²) in [7, 11) is 1.98. The molecule has 1 heterocycles. The molecule has 0 radical (unpaired) electrons. The summed E-state index contributed by atoms with van der Waals surface area (Å²) in [4.78, 5) is 26.9. The smallest absolute Gasteiger partial charge is 0.246 e. The predicted octanol–water partition coefficient (Wildman–Crippen LogP) is 4.55. The average molecular weight is 401 g/mol. The Morgan fingerprint density at radius 2 is 1.86 bits per heavy atom. The van der Waals surface area contributed by atoms with Crippen molar-refractivity contribution in [2.75, 3.05) is 7.05 Å². The maximum atomic E-state index is 12.7. The number of amides is 2. The average Bonchev–Trinajstić information content (AvgIpc) is 2.93. The van der Waals surface area contributed by atoms with E-state index in [2.05, 4.69) is 46.0 Å². The first-order chi connectivity index (χ1) is 13.5. The second kappa shape index (κ2) is 6.85. The molecule has 1 unspecified atom stereocenters. The molecule has 4 rings (SSSR count). The van der Waals surface area contributed by atoms with E-state index in [0.29, 0.717) is 36.3 Å². The monoisotopic (exact) mass is 400 g/mol. The van der Waals surface area contributed by atoms with Crippen molar-refractivity contribution in [2.24, 2.45) is 34.0 Å². The molecule has 3 aliphatic carbocycles. The molecule has 0 aromatic heterocycles. The van der Waals surface area contributed by atoms with Crippen LogP contribution in [0.4, 0.5) is 0 Å². The van der Waals surface area contributed by atoms with Crippen molar-refractivity contribution in [3.8, 4) is 0 Å². The van der Waals surface area contributed by atoms with Gasteiger partial charge in [0.15, 0.2) is 0 Å². The van der Waals surface area contributed by atoms with Crippen LogP contribution in [0.25, 0.3) is 0 Å². The first kappa shape index (κ1) is 20.9. The number of hydrogen-bond donors (Lipinski definition) is 1. The lowest BCUT2D eigenvalue weighted by Crippen LogP contribution is -2.60. The van der Waals surface area contributed by atoms with Gasteiger partial charge >= 0.3 is 0 Å². The molecule has 4 heteroatoms. The number of rotatable bonds is 2. The van der Waals surface area contributed by atoms with Gasteiger partial charge in [0.05, 0.1) is 0 Å². The summed E-state index contributed by atoms with van der Waals surface area (Å²) in [5.74, 6) is 2.43. The van der Waals surface area contributed by atoms with Crippen LogP contribution >= 0.6 is 0 Å². The molecule has 2 amide bonds. The Labute approximate surface area is 176 Å². The Morgan fingerprint density at radius 1 is 1.14 bits per heavy atom. The van der Waals surface area contributed by atoms with Crippen molar-refractivity contribution >= 4 is 11.8 Å². The van der Waals surface area contributed by atoms with E-state index >= 15 is 0 Å². The third-order valence-electron chi connectivity index (χ3n) is 9.15. The topological polar surface area (TPSA) is 49.4 Å². The van der Waals surface area contributed by atoms with Gasteiger partial charge in [-0.1, -0.05) is 40.7 Å². The molecule has 0 bridgehead atoms. The zero-order valence-corrected chi connectivity index (χ0v) is 19.3. The first-order valence-corrected chi connectivity index (χ1v) is 11.7. The van der Waals surface area contributed by atoms with Crippen LogP contribution < -0.4 is 5.32 Å². The van der Waals surface area contributed by atoms with E-state index in [9.17, 15) is 9.59 Å². The summed E-state index contributed by atoms with van der Waals surface area (Å²) in [6.45, 7) is 11.2. The predicted molar refractivity (Wildman–Crippen MR) is 116 cm³/mol. The summed E-state index contributed by atoms with van der Waals surface area (Å²) < 4.78 is 0. The SMILES string of the molecule is CN1C(=O)C=C[C@]2(C)[C@H]3CC[C@]4(C)C(NC(=O)CC(C)(C)C)CC[C@H]4[C@@H]3CC[C@@H]12. The van der Waals surface area contributed by atoms with Crippen molar-refractivity contribution in [1.82, 2.24) is 10.2 Å². The normalized spacial score (nSPS) is 44.1. The summed E-state index contributed by atoms with van der Waals surface area (Å²) >= 11 is 0. The minimum absolute atomic E-state index is 0.0321. The maximum Gasteiger partial charge on any atom is 0.246 e. The van der Waals surface area contributed by atoms with E-state index in [1.165, 1.54) is 25.7 Å². The Morgan fingerprint density at radius 3 is 2.55 bits per heavy atom. The van der Waals surface area contributed by atoms with Gasteiger partial charge in [0.1, 0.15) is 0 Å². The molecule has 0 aromatic carbocycles. The van der Waals surface area contributed by atoms with Crippen molar-refractivity contribution in [3.63, 3.8) is 0 Å². The van der Waals surface area contributed by atoms with Crippen LogP contribution in [0.2, 0.25) is 0 Å². The molecule has 1 N–H and O–H groups in total. The molecular weight excluding hydrogens is 360 g/mol. The zero-order valence-electron chi connectivity index (χ0n) is 19.3. The van der Waals surface area contributed by atoms with Crippen LogP contribution in [0.5, 0.6) is 0 Å². The highest BCUT2D eigenvalue weighted by molar-refractivity contribution is 5.89. The largest absolute Gasteiger partial charge is 0.353 e. The standard InChI is InChI=1S/C25H40N2O2/c1-23(2,3)15-21(28)26-19-9-8-17-16-7-10-20-25(5,14-12-22(29)27(20)6)18(16)11-13-24(17,19)4/h12,14,16-20H,7-11,13,15H2,1-6H3,(H,26,28)/t16-,17-,18-,19?,20+,24-,25+/m0/s1. The van der Waals surface area contributed by atoms with Gasteiger partial charge in [-0.3, -0.25) is 9.59 Å². The van der Waals surface area contributed by atoms with Gasteiger partial charge in [-0.05, 0) is 73.2 Å². The van der Waals surface area contributed by atoms with Crippen LogP contribution in [0, 0.1) is 34.0 Å². The van der Waals surface area contributed by atoms with Crippen molar-refractivity contribution in [1.29, 1.82) is 0 Å². The third-order valence-corrected chi connectivity index (χ3v) is 9.15. The molecule has 4 aliphatic rings. The summed E-state index contributed by atoms with van der Waals surface area (Å²) in [5, 5.41) is 3.44. The third kappa shape index (κ3) is 3.35. The molecular formula is C25H40N2O2. The zero-order chi connectivity index (χ0) is 21.2. The van der Waals surface area contributed by atoms with Gasteiger partial charge in [-0.2, -0.15) is 0 Å². The molecule has 3 fully saturated rings. The maximum absolute atomic E-state index is 12.7. The van der Waals surface area contributed by atoms with E-state index in [4.69, 9.17) is 0 Å². The van der Waals surface area contributed by atoms with Crippen LogP contribution in [0.15, 0.2) is 12.2 Å². The van der Waals surface area contributed by atoms with E-state index in [-0.39, 0.29) is 28.1 Å². The van der Waals surface area contributed by atoms with Crippen LogP contribution in [0.1, 0.15) is 79.6 Å². The second-order valence-electron chi connectivity index (χ2n) is 12.1. The van der Waals surface area contributed by atoms with Crippen LogP contribution in [-0.2, 0) is 9.59 Å². The molecule has 29 heavy (non-hydrogen) atoms. The Bertz CT molecular complexity index is 723. The number of nitrogens with one attached hydrogen (secondary N) is 1. The molecule has 1 aliphatic heterocycles.